The highest BCUT2D eigenvalue weighted by Gasteiger charge is 2.28. The van der Waals surface area contributed by atoms with E-state index in [0.29, 0.717) is 25.1 Å². The van der Waals surface area contributed by atoms with Crippen LogP contribution >= 0.6 is 0 Å². The van der Waals surface area contributed by atoms with Crippen LogP contribution in [0.5, 0.6) is 0 Å². The Balaban J connectivity index is 2.12. The van der Waals surface area contributed by atoms with Gasteiger partial charge in [0.05, 0.1) is 9.85 Å². The minimum atomic E-state index is -0.406. The Labute approximate surface area is 157 Å². The molecular formula is C19H22N4O4. The topological polar surface area (TPSA) is 92.8 Å². The molecule has 1 aliphatic rings. The average Bonchev–Trinajstić information content (AvgIpc) is 2.78. The molecule has 2 aromatic rings. The van der Waals surface area contributed by atoms with E-state index >= 15 is 0 Å². The molecule has 0 aliphatic carbocycles. The highest BCUT2D eigenvalue weighted by molar-refractivity contribution is 5.79. The average molecular weight is 370 g/mol. The van der Waals surface area contributed by atoms with Gasteiger partial charge < -0.3 is 9.80 Å². The molecule has 0 aromatic heterocycles. The molecule has 0 amide bonds. The summed E-state index contributed by atoms with van der Waals surface area (Å²) in [6.07, 6.45) is 2.03. The van der Waals surface area contributed by atoms with E-state index in [4.69, 9.17) is 0 Å². The molecule has 1 aliphatic heterocycles. The lowest BCUT2D eigenvalue weighted by Crippen LogP contribution is -2.24. The second-order valence-electron chi connectivity index (χ2n) is 6.92. The van der Waals surface area contributed by atoms with Gasteiger partial charge in [0.15, 0.2) is 0 Å². The van der Waals surface area contributed by atoms with E-state index in [0.717, 1.165) is 29.8 Å². The fourth-order valence-corrected chi connectivity index (χ4v) is 3.55. The molecule has 0 fully saturated rings. The lowest BCUT2D eigenvalue weighted by molar-refractivity contribution is -0.384. The van der Waals surface area contributed by atoms with Crippen molar-refractivity contribution in [2.24, 2.45) is 0 Å². The first-order valence-corrected chi connectivity index (χ1v) is 8.84. The standard InChI is InChI=1S/C19H22N4O4/c1-20(2)11-4-12-21-17-10-9-16(22(24)25)13-15(17)8-7-14-5-3-6-18(19(14)21)23(26)27/h3,5-6,9-10,13H,4,7-8,11-12H2,1-2H3. The SMILES string of the molecule is CN(C)CCCN1c2ccc([N+](=O)[O-])cc2CCc2cccc([N+](=O)[O-])c21. The summed E-state index contributed by atoms with van der Waals surface area (Å²) >= 11 is 0. The second-order valence-corrected chi connectivity index (χ2v) is 6.92. The van der Waals surface area contributed by atoms with Crippen molar-refractivity contribution in [3.63, 3.8) is 0 Å². The molecule has 0 radical (unpaired) electrons. The number of hydrogen-bond acceptors (Lipinski definition) is 6. The summed E-state index contributed by atoms with van der Waals surface area (Å²) in [5.74, 6) is 0. The van der Waals surface area contributed by atoms with Crippen LogP contribution in [0.4, 0.5) is 22.7 Å². The number of nitro groups is 2. The number of hydrogen-bond donors (Lipinski definition) is 0. The third kappa shape index (κ3) is 3.90. The number of rotatable bonds is 6. The minimum absolute atomic E-state index is 0.0439. The zero-order valence-electron chi connectivity index (χ0n) is 15.4. The van der Waals surface area contributed by atoms with Crippen molar-refractivity contribution >= 4 is 22.7 Å². The lowest BCUT2D eigenvalue weighted by Gasteiger charge is -2.27. The Morgan fingerprint density at radius 2 is 1.78 bits per heavy atom. The molecule has 0 atom stereocenters. The summed E-state index contributed by atoms with van der Waals surface area (Å²) in [5.41, 5.74) is 3.28. The Bertz CT molecular complexity index is 882. The molecule has 0 saturated carbocycles. The van der Waals surface area contributed by atoms with Crippen molar-refractivity contribution in [3.05, 3.63) is 67.8 Å². The van der Waals surface area contributed by atoms with Crippen molar-refractivity contribution in [1.82, 2.24) is 4.90 Å². The van der Waals surface area contributed by atoms with Crippen LogP contribution in [0.2, 0.25) is 0 Å². The molecule has 0 saturated heterocycles. The molecule has 0 spiro atoms. The van der Waals surface area contributed by atoms with E-state index in [1.165, 1.54) is 12.1 Å². The molecule has 8 heteroatoms. The van der Waals surface area contributed by atoms with E-state index in [1.807, 2.05) is 25.1 Å². The fourth-order valence-electron chi connectivity index (χ4n) is 3.55. The summed E-state index contributed by atoms with van der Waals surface area (Å²) in [5, 5.41) is 22.8. The zero-order chi connectivity index (χ0) is 19.6. The quantitative estimate of drug-likeness (QED) is 0.569. The van der Waals surface area contributed by atoms with Crippen molar-refractivity contribution in [1.29, 1.82) is 0 Å². The van der Waals surface area contributed by atoms with Crippen molar-refractivity contribution in [3.8, 4) is 0 Å². The smallest absolute Gasteiger partial charge is 0.293 e. The summed E-state index contributed by atoms with van der Waals surface area (Å²) < 4.78 is 0. The van der Waals surface area contributed by atoms with Crippen molar-refractivity contribution in [2.75, 3.05) is 32.1 Å². The molecule has 1 heterocycles. The molecule has 0 N–H and O–H groups in total. The lowest BCUT2D eigenvalue weighted by atomic mass is 10.0. The number of anilines is 2. The summed E-state index contributed by atoms with van der Waals surface area (Å²) in [6, 6.07) is 9.90. The Morgan fingerprint density at radius 1 is 1.04 bits per heavy atom. The fraction of sp³-hybridized carbons (Fsp3) is 0.368. The Kier molecular flexibility index (Phi) is 5.36. The van der Waals surface area contributed by atoms with Gasteiger partial charge in [-0.25, -0.2) is 0 Å². The van der Waals surface area contributed by atoms with Gasteiger partial charge in [-0.3, -0.25) is 20.2 Å². The third-order valence-electron chi connectivity index (χ3n) is 4.78. The first kappa shape index (κ1) is 18.8. The molecule has 2 aromatic carbocycles. The number of non-ortho nitro benzene ring substituents is 1. The van der Waals surface area contributed by atoms with Gasteiger partial charge in [0, 0.05) is 30.4 Å². The van der Waals surface area contributed by atoms with Gasteiger partial charge in [-0.05, 0) is 57.1 Å². The van der Waals surface area contributed by atoms with E-state index in [-0.39, 0.29) is 16.3 Å². The normalized spacial score (nSPS) is 13.1. The van der Waals surface area contributed by atoms with Gasteiger partial charge in [-0.1, -0.05) is 12.1 Å². The van der Waals surface area contributed by atoms with Crippen LogP contribution in [0.25, 0.3) is 0 Å². The predicted molar refractivity (Wildman–Crippen MR) is 104 cm³/mol. The summed E-state index contributed by atoms with van der Waals surface area (Å²) in [7, 11) is 3.96. The van der Waals surface area contributed by atoms with E-state index in [9.17, 15) is 20.2 Å². The molecule has 0 unspecified atom stereocenters. The highest BCUT2D eigenvalue weighted by Crippen LogP contribution is 2.42. The minimum Gasteiger partial charge on any atom is -0.335 e. The Morgan fingerprint density at radius 3 is 2.44 bits per heavy atom. The molecule has 3 rings (SSSR count). The number of para-hydroxylation sites is 1. The zero-order valence-corrected chi connectivity index (χ0v) is 15.4. The maximum atomic E-state index is 11.6. The van der Waals surface area contributed by atoms with Crippen LogP contribution in [0.1, 0.15) is 17.5 Å². The monoisotopic (exact) mass is 370 g/mol. The number of nitro benzene ring substituents is 2. The van der Waals surface area contributed by atoms with Crippen LogP contribution in [0.15, 0.2) is 36.4 Å². The number of nitrogens with zero attached hydrogens (tertiary/aromatic N) is 4. The second kappa shape index (κ2) is 7.71. The van der Waals surface area contributed by atoms with Gasteiger partial charge >= 0.3 is 0 Å². The number of fused-ring (bicyclic) bond motifs is 2. The summed E-state index contributed by atoms with van der Waals surface area (Å²) in [6.45, 7) is 1.44. The molecule has 0 bridgehead atoms. The molecular weight excluding hydrogens is 348 g/mol. The number of benzene rings is 2. The predicted octanol–water partition coefficient (Wildman–Crippen LogP) is 3.69. The number of aryl methyl sites for hydroxylation is 2. The van der Waals surface area contributed by atoms with E-state index < -0.39 is 4.92 Å². The molecule has 8 nitrogen and oxygen atoms in total. The first-order chi connectivity index (χ1) is 12.9. The maximum Gasteiger partial charge on any atom is 0.293 e. The van der Waals surface area contributed by atoms with Crippen LogP contribution in [0.3, 0.4) is 0 Å². The molecule has 142 valence electrons. The maximum absolute atomic E-state index is 11.6. The largest absolute Gasteiger partial charge is 0.335 e. The highest BCUT2D eigenvalue weighted by atomic mass is 16.6. The third-order valence-corrected chi connectivity index (χ3v) is 4.78. The van der Waals surface area contributed by atoms with Gasteiger partial charge in [-0.2, -0.15) is 0 Å². The van der Waals surface area contributed by atoms with Crippen LogP contribution in [-0.2, 0) is 12.8 Å². The van der Waals surface area contributed by atoms with Gasteiger partial charge in [0.2, 0.25) is 0 Å². The van der Waals surface area contributed by atoms with Crippen LogP contribution in [0, 0.1) is 20.2 Å². The van der Waals surface area contributed by atoms with Crippen LogP contribution < -0.4 is 4.90 Å². The van der Waals surface area contributed by atoms with Crippen molar-refractivity contribution < 1.29 is 9.85 Å². The molecule has 27 heavy (non-hydrogen) atoms. The van der Waals surface area contributed by atoms with Gasteiger partial charge in [0.25, 0.3) is 11.4 Å². The van der Waals surface area contributed by atoms with E-state index in [1.54, 1.807) is 18.2 Å². The Hall–Kier alpha value is -3.00. The van der Waals surface area contributed by atoms with Gasteiger partial charge in [0.1, 0.15) is 5.69 Å². The van der Waals surface area contributed by atoms with Crippen molar-refractivity contribution in [2.45, 2.75) is 19.3 Å². The van der Waals surface area contributed by atoms with Crippen LogP contribution in [-0.4, -0.2) is 41.9 Å². The van der Waals surface area contributed by atoms with Gasteiger partial charge in [-0.15, -0.1) is 0 Å². The first-order valence-electron chi connectivity index (χ1n) is 8.84. The summed E-state index contributed by atoms with van der Waals surface area (Å²) in [4.78, 5) is 26.1. The van der Waals surface area contributed by atoms with E-state index in [2.05, 4.69) is 4.90 Å².